The molecular weight excluding hydrogens is 901 g/mol. The van der Waals surface area contributed by atoms with Crippen molar-refractivity contribution in [1.29, 1.82) is 0 Å². The van der Waals surface area contributed by atoms with E-state index in [-0.39, 0.29) is 0 Å². The molecule has 0 bridgehead atoms. The van der Waals surface area contributed by atoms with Crippen molar-refractivity contribution in [3.8, 4) is 95.5 Å². The summed E-state index contributed by atoms with van der Waals surface area (Å²) in [5.41, 5.74) is 18.4. The average molecular weight is 945 g/mol. The zero-order valence-electron chi connectivity index (χ0n) is 40.1. The molecule has 0 radical (unpaired) electrons. The largest absolute Gasteiger partial charge is 0.456 e. The zero-order valence-corrected chi connectivity index (χ0v) is 40.1. The molecule has 0 saturated heterocycles. The lowest BCUT2D eigenvalue weighted by molar-refractivity contribution is 0.669. The molecule has 3 heterocycles. The van der Waals surface area contributed by atoms with E-state index in [1.807, 2.05) is 12.1 Å². The fraction of sp³-hybridized carbons (Fsp3) is 0. The van der Waals surface area contributed by atoms with Gasteiger partial charge in [-0.1, -0.05) is 212 Å². The van der Waals surface area contributed by atoms with Crippen LogP contribution in [-0.2, 0) is 0 Å². The zero-order chi connectivity index (χ0) is 49.0. The number of hydrogen-bond acceptors (Lipinski definition) is 4. The molecular formula is C69H44N4O. The summed E-state index contributed by atoms with van der Waals surface area (Å²) >= 11 is 0. The van der Waals surface area contributed by atoms with E-state index in [0.717, 1.165) is 122 Å². The Morgan fingerprint density at radius 3 is 1.23 bits per heavy atom. The van der Waals surface area contributed by atoms with Crippen molar-refractivity contribution < 1.29 is 4.42 Å². The molecule has 0 aliphatic carbocycles. The van der Waals surface area contributed by atoms with E-state index in [4.69, 9.17) is 19.4 Å². The molecule has 14 aromatic rings. The predicted octanol–water partition coefficient (Wildman–Crippen LogP) is 18.2. The number of rotatable bonds is 9. The fourth-order valence-corrected chi connectivity index (χ4v) is 10.7. The summed E-state index contributed by atoms with van der Waals surface area (Å²) in [6.07, 6.45) is 0. The van der Waals surface area contributed by atoms with Gasteiger partial charge in [0.25, 0.3) is 0 Å². The topological polar surface area (TPSA) is 56.7 Å². The van der Waals surface area contributed by atoms with Gasteiger partial charge in [-0.2, -0.15) is 0 Å². The summed E-state index contributed by atoms with van der Waals surface area (Å²) in [4.78, 5) is 16.3. The summed E-state index contributed by atoms with van der Waals surface area (Å²) in [7, 11) is 0. The van der Waals surface area contributed by atoms with Gasteiger partial charge in [-0.3, -0.25) is 0 Å². The molecule has 11 aromatic carbocycles. The Bertz CT molecular complexity index is 4260. The first-order chi connectivity index (χ1) is 36.7. The van der Waals surface area contributed by atoms with Crippen molar-refractivity contribution in [3.05, 3.63) is 267 Å². The third-order valence-electron chi connectivity index (χ3n) is 14.2. The molecule has 74 heavy (non-hydrogen) atoms. The lowest BCUT2D eigenvalue weighted by atomic mass is 9.92. The van der Waals surface area contributed by atoms with Crippen molar-refractivity contribution >= 4 is 43.7 Å². The van der Waals surface area contributed by atoms with Gasteiger partial charge < -0.3 is 8.98 Å². The van der Waals surface area contributed by atoms with Crippen LogP contribution in [0.5, 0.6) is 0 Å². The van der Waals surface area contributed by atoms with Gasteiger partial charge in [-0.15, -0.1) is 0 Å². The summed E-state index contributed by atoms with van der Waals surface area (Å²) in [5, 5.41) is 4.47. The Morgan fingerprint density at radius 1 is 0.270 bits per heavy atom. The maximum Gasteiger partial charge on any atom is 0.164 e. The summed E-state index contributed by atoms with van der Waals surface area (Å²) in [5.74, 6) is 1.73. The molecule has 346 valence electrons. The third kappa shape index (κ3) is 7.54. The van der Waals surface area contributed by atoms with E-state index in [0.29, 0.717) is 17.5 Å². The average Bonchev–Trinajstić information content (AvgIpc) is 4.03. The van der Waals surface area contributed by atoms with Gasteiger partial charge in [-0.25, -0.2) is 15.0 Å². The van der Waals surface area contributed by atoms with E-state index >= 15 is 0 Å². The minimum Gasteiger partial charge on any atom is -0.456 e. The summed E-state index contributed by atoms with van der Waals surface area (Å²) in [6.45, 7) is 0. The van der Waals surface area contributed by atoms with Crippen LogP contribution in [0.15, 0.2) is 271 Å². The van der Waals surface area contributed by atoms with Gasteiger partial charge in [0.05, 0.1) is 22.1 Å². The smallest absolute Gasteiger partial charge is 0.164 e. The van der Waals surface area contributed by atoms with Crippen molar-refractivity contribution in [2.24, 2.45) is 0 Å². The Hall–Kier alpha value is -9.97. The van der Waals surface area contributed by atoms with Crippen LogP contribution in [0.4, 0.5) is 0 Å². The van der Waals surface area contributed by atoms with E-state index in [9.17, 15) is 0 Å². The molecule has 14 rings (SSSR count). The van der Waals surface area contributed by atoms with Gasteiger partial charge >= 0.3 is 0 Å². The molecule has 0 fully saturated rings. The van der Waals surface area contributed by atoms with Crippen LogP contribution in [0.2, 0.25) is 0 Å². The van der Waals surface area contributed by atoms with Gasteiger partial charge in [0.2, 0.25) is 0 Å². The van der Waals surface area contributed by atoms with Gasteiger partial charge in [0.1, 0.15) is 11.2 Å². The molecule has 0 amide bonds. The molecule has 0 N–H and O–H groups in total. The van der Waals surface area contributed by atoms with Crippen LogP contribution < -0.4 is 0 Å². The minimum atomic E-state index is 0.565. The molecule has 0 saturated carbocycles. The quantitative estimate of drug-likeness (QED) is 0.145. The first-order valence-electron chi connectivity index (χ1n) is 25.0. The molecule has 5 heteroatoms. The van der Waals surface area contributed by atoms with E-state index in [2.05, 4.69) is 259 Å². The highest BCUT2D eigenvalue weighted by molar-refractivity contribution is 6.25. The van der Waals surface area contributed by atoms with Crippen LogP contribution in [-0.4, -0.2) is 19.5 Å². The monoisotopic (exact) mass is 944 g/mol. The molecule has 0 spiro atoms. The Kier molecular flexibility index (Phi) is 10.4. The normalized spacial score (nSPS) is 11.5. The molecule has 3 aromatic heterocycles. The number of benzene rings is 11. The van der Waals surface area contributed by atoms with Crippen molar-refractivity contribution in [2.45, 2.75) is 0 Å². The van der Waals surface area contributed by atoms with Crippen LogP contribution in [0.1, 0.15) is 0 Å². The maximum absolute atomic E-state index is 6.61. The number of hydrogen-bond donors (Lipinski definition) is 0. The van der Waals surface area contributed by atoms with Gasteiger partial charge in [0.15, 0.2) is 17.5 Å². The third-order valence-corrected chi connectivity index (χ3v) is 14.2. The number of nitrogens with zero attached hydrogens (tertiary/aromatic N) is 4. The minimum absolute atomic E-state index is 0.565. The highest BCUT2D eigenvalue weighted by Gasteiger charge is 2.26. The number of para-hydroxylation sites is 2. The fourth-order valence-electron chi connectivity index (χ4n) is 10.7. The molecule has 5 nitrogen and oxygen atoms in total. The first-order valence-corrected chi connectivity index (χ1v) is 25.0. The summed E-state index contributed by atoms with van der Waals surface area (Å²) in [6, 6.07) is 94.2. The Morgan fingerprint density at radius 2 is 0.676 bits per heavy atom. The standard InChI is InChI=1S/C69H44N4O/c1-6-20-45(21-7-1)48-34-36-51(37-35-48)67-70-68(54-41-52(46-22-8-2-9-23-46)40-53(42-54)47-24-10-3-11-25-47)72-69(71-67)55-43-59(49-26-12-4-13-27-49)65(60(44-55)50-28-14-5-15-29-50)73-61-32-18-16-30-56(61)57-38-39-63-64(66(57)73)58-31-17-19-33-62(58)74-63/h1-44H. The van der Waals surface area contributed by atoms with E-state index in [1.54, 1.807) is 0 Å². The lowest BCUT2D eigenvalue weighted by Crippen LogP contribution is -2.04. The van der Waals surface area contributed by atoms with Crippen LogP contribution in [0.3, 0.4) is 0 Å². The van der Waals surface area contributed by atoms with Crippen LogP contribution in [0.25, 0.3) is 139 Å². The molecule has 0 aliphatic heterocycles. The Labute approximate surface area is 428 Å². The molecule has 0 aliphatic rings. The van der Waals surface area contributed by atoms with Crippen LogP contribution >= 0.6 is 0 Å². The molecule has 0 atom stereocenters. The highest BCUT2D eigenvalue weighted by atomic mass is 16.3. The number of furan rings is 1. The van der Waals surface area contributed by atoms with Crippen molar-refractivity contribution in [3.63, 3.8) is 0 Å². The van der Waals surface area contributed by atoms with Crippen molar-refractivity contribution in [2.75, 3.05) is 0 Å². The SMILES string of the molecule is c1ccc(-c2ccc(-c3nc(-c4cc(-c5ccccc5)cc(-c5ccccc5)c4)nc(-c4cc(-c5ccccc5)c(-n5c6ccccc6c6ccc7oc8ccccc8c7c65)c(-c5ccccc5)c4)n3)cc2)cc1. The number of fused-ring (bicyclic) bond motifs is 7. The van der Waals surface area contributed by atoms with Gasteiger partial charge in [0, 0.05) is 44.0 Å². The van der Waals surface area contributed by atoms with Crippen LogP contribution in [0, 0.1) is 0 Å². The van der Waals surface area contributed by atoms with Gasteiger partial charge in [-0.05, 0) is 99.1 Å². The van der Waals surface area contributed by atoms with E-state index in [1.165, 1.54) is 0 Å². The maximum atomic E-state index is 6.61. The summed E-state index contributed by atoms with van der Waals surface area (Å²) < 4.78 is 9.08. The first kappa shape index (κ1) is 42.9. The number of aromatic nitrogens is 4. The Balaban J connectivity index is 1.07. The van der Waals surface area contributed by atoms with E-state index < -0.39 is 0 Å². The second-order valence-corrected chi connectivity index (χ2v) is 18.7. The molecule has 0 unspecified atom stereocenters. The second kappa shape index (κ2) is 18.0. The van der Waals surface area contributed by atoms with Crippen molar-refractivity contribution in [1.82, 2.24) is 19.5 Å². The predicted molar refractivity (Wildman–Crippen MR) is 305 cm³/mol. The highest BCUT2D eigenvalue weighted by Crippen LogP contribution is 2.47. The lowest BCUT2D eigenvalue weighted by Gasteiger charge is -2.21. The second-order valence-electron chi connectivity index (χ2n) is 18.7.